The van der Waals surface area contributed by atoms with E-state index in [0.29, 0.717) is 33.9 Å². The topological polar surface area (TPSA) is 123 Å². The van der Waals surface area contributed by atoms with E-state index in [1.807, 2.05) is 32.0 Å². The van der Waals surface area contributed by atoms with E-state index in [4.69, 9.17) is 4.74 Å². The van der Waals surface area contributed by atoms with E-state index >= 15 is 0 Å². The Balaban J connectivity index is 1.53. The molecule has 38 heavy (non-hydrogen) atoms. The largest absolute Gasteiger partial charge is 0.507 e. The zero-order valence-corrected chi connectivity index (χ0v) is 21.2. The Morgan fingerprint density at radius 3 is 2.63 bits per heavy atom. The normalized spacial score (nSPS) is 20.1. The summed E-state index contributed by atoms with van der Waals surface area (Å²) in [5.74, 6) is -1.30. The number of fused-ring (bicyclic) bond motifs is 2. The number of nitro groups is 1. The third-order valence-corrected chi connectivity index (χ3v) is 7.79. The summed E-state index contributed by atoms with van der Waals surface area (Å²) in [5.41, 5.74) is 3.17. The Morgan fingerprint density at radius 2 is 1.89 bits per heavy atom. The molecule has 0 bridgehead atoms. The fraction of sp³-hybridized carbons (Fsp3) is 0.179. The van der Waals surface area contributed by atoms with Gasteiger partial charge in [-0.05, 0) is 73.0 Å². The van der Waals surface area contributed by atoms with E-state index in [-0.39, 0.29) is 23.1 Å². The summed E-state index contributed by atoms with van der Waals surface area (Å²) >= 11 is 1.26. The Morgan fingerprint density at radius 1 is 1.13 bits per heavy atom. The van der Waals surface area contributed by atoms with Crippen LogP contribution >= 0.6 is 11.3 Å². The average molecular weight is 528 g/mol. The fourth-order valence-corrected chi connectivity index (χ4v) is 6.06. The van der Waals surface area contributed by atoms with E-state index in [9.17, 15) is 24.8 Å². The first-order chi connectivity index (χ1) is 18.2. The predicted octanol–water partition coefficient (Wildman–Crippen LogP) is 5.46. The number of amides is 1. The molecule has 0 radical (unpaired) electrons. The lowest BCUT2D eigenvalue weighted by molar-refractivity contribution is -0.384. The molecule has 2 aliphatic heterocycles. The maximum atomic E-state index is 13.5. The maximum absolute atomic E-state index is 13.5. The van der Waals surface area contributed by atoms with Gasteiger partial charge in [-0.2, -0.15) is 0 Å². The van der Waals surface area contributed by atoms with E-state index in [2.05, 4.69) is 4.98 Å². The summed E-state index contributed by atoms with van der Waals surface area (Å²) in [4.78, 5) is 43.5. The lowest BCUT2D eigenvalue weighted by Crippen LogP contribution is -2.29. The van der Waals surface area contributed by atoms with Crippen molar-refractivity contribution in [1.29, 1.82) is 0 Å². The number of aliphatic hydroxyl groups is 1. The second-order valence-corrected chi connectivity index (χ2v) is 10.4. The molecule has 3 heterocycles. The summed E-state index contributed by atoms with van der Waals surface area (Å²) in [6.07, 6.45) is 0.651. The molecule has 2 atom stereocenters. The summed E-state index contributed by atoms with van der Waals surface area (Å²) in [6, 6.07) is 15.4. The van der Waals surface area contributed by atoms with Crippen molar-refractivity contribution in [3.63, 3.8) is 0 Å². The number of aliphatic hydroxyl groups excluding tert-OH is 1. The Bertz CT molecular complexity index is 1690. The monoisotopic (exact) mass is 527 g/mol. The van der Waals surface area contributed by atoms with Crippen LogP contribution in [0.25, 0.3) is 16.0 Å². The van der Waals surface area contributed by atoms with Gasteiger partial charge in [0.2, 0.25) is 0 Å². The van der Waals surface area contributed by atoms with Crippen LogP contribution in [0, 0.1) is 17.0 Å². The molecule has 1 saturated heterocycles. The highest BCUT2D eigenvalue weighted by atomic mass is 32.1. The number of anilines is 1. The summed E-state index contributed by atoms with van der Waals surface area (Å²) in [5, 5.41) is 23.0. The fourth-order valence-electron chi connectivity index (χ4n) is 4.97. The molecule has 10 heteroatoms. The molecule has 0 unspecified atom stereocenters. The van der Waals surface area contributed by atoms with Crippen molar-refractivity contribution in [1.82, 2.24) is 4.98 Å². The van der Waals surface area contributed by atoms with Crippen molar-refractivity contribution >= 4 is 49.8 Å². The van der Waals surface area contributed by atoms with Crippen LogP contribution in [-0.4, -0.2) is 32.8 Å². The molecule has 1 amide bonds. The SMILES string of the molecule is Cc1ccc2nc(N3C(=O)C(=O)C(=C(O)c4ccc5c(c4)C[C@@H](C)O5)[C@H]3c3ccc([N+](=O)[O-])cc3)sc2c1. The van der Waals surface area contributed by atoms with Crippen LogP contribution in [0.4, 0.5) is 10.8 Å². The van der Waals surface area contributed by atoms with E-state index < -0.39 is 22.7 Å². The number of Topliss-reactive ketones (excluding diaryl/α,β-unsaturated/α-hetero) is 1. The molecule has 6 rings (SSSR count). The van der Waals surface area contributed by atoms with Gasteiger partial charge in [0.1, 0.15) is 17.6 Å². The minimum Gasteiger partial charge on any atom is -0.507 e. The second kappa shape index (κ2) is 8.77. The van der Waals surface area contributed by atoms with Gasteiger partial charge in [0, 0.05) is 24.1 Å². The number of non-ortho nitro benzene ring substituents is 1. The molecule has 0 saturated carbocycles. The number of rotatable bonds is 4. The summed E-state index contributed by atoms with van der Waals surface area (Å²) in [6.45, 7) is 3.89. The van der Waals surface area contributed by atoms with Crippen LogP contribution in [0.5, 0.6) is 5.75 Å². The number of nitro benzene ring substituents is 1. The third kappa shape index (κ3) is 3.81. The van der Waals surface area contributed by atoms with Gasteiger partial charge >= 0.3 is 5.91 Å². The van der Waals surface area contributed by atoms with Gasteiger partial charge in [-0.25, -0.2) is 4.98 Å². The van der Waals surface area contributed by atoms with Gasteiger partial charge in [-0.1, -0.05) is 17.4 Å². The zero-order valence-electron chi connectivity index (χ0n) is 20.4. The molecular formula is C28H21N3O6S. The van der Waals surface area contributed by atoms with Gasteiger partial charge in [0.15, 0.2) is 5.13 Å². The number of carbonyl (C=O) groups is 2. The average Bonchev–Trinajstić information content (AvgIpc) is 3.55. The lowest BCUT2D eigenvalue weighted by Gasteiger charge is -2.23. The van der Waals surface area contributed by atoms with Gasteiger partial charge in [-0.3, -0.25) is 24.6 Å². The maximum Gasteiger partial charge on any atom is 0.301 e. The summed E-state index contributed by atoms with van der Waals surface area (Å²) in [7, 11) is 0. The molecule has 1 N–H and O–H groups in total. The van der Waals surface area contributed by atoms with Crippen LogP contribution in [0.2, 0.25) is 0 Å². The standard InChI is InChI=1S/C28H21N3O6S/c1-14-3-9-20-22(11-14)38-28(29-20)30-24(16-4-7-19(8-5-16)31(35)36)23(26(33)27(30)34)25(32)17-6-10-21-18(13-17)12-15(2)37-21/h3-11,13,15,24,32H,12H2,1-2H3/t15-,24-/m1/s1. The quantitative estimate of drug-likeness (QED) is 0.123. The van der Waals surface area contributed by atoms with Crippen molar-refractivity contribution in [3.8, 4) is 5.75 Å². The van der Waals surface area contributed by atoms with Gasteiger partial charge in [0.05, 0.1) is 26.8 Å². The minimum atomic E-state index is -1.03. The van der Waals surface area contributed by atoms with Crippen molar-refractivity contribution in [2.24, 2.45) is 0 Å². The lowest BCUT2D eigenvalue weighted by atomic mass is 9.94. The van der Waals surface area contributed by atoms with Crippen LogP contribution in [0.15, 0.2) is 66.2 Å². The van der Waals surface area contributed by atoms with Gasteiger partial charge in [-0.15, -0.1) is 0 Å². The smallest absolute Gasteiger partial charge is 0.301 e. The number of aryl methyl sites for hydroxylation is 1. The number of aromatic nitrogens is 1. The highest BCUT2D eigenvalue weighted by molar-refractivity contribution is 7.22. The first kappa shape index (κ1) is 23.8. The molecule has 1 aromatic heterocycles. The van der Waals surface area contributed by atoms with E-state index in [1.165, 1.54) is 40.5 Å². The third-order valence-electron chi connectivity index (χ3n) is 6.77. The number of benzene rings is 3. The molecule has 0 aliphatic carbocycles. The van der Waals surface area contributed by atoms with Gasteiger partial charge in [0.25, 0.3) is 11.5 Å². The van der Waals surface area contributed by atoms with Crippen LogP contribution in [-0.2, 0) is 16.0 Å². The second-order valence-electron chi connectivity index (χ2n) is 9.44. The number of nitrogens with zero attached hydrogens (tertiary/aromatic N) is 3. The van der Waals surface area contributed by atoms with Crippen LogP contribution in [0.1, 0.15) is 35.2 Å². The van der Waals surface area contributed by atoms with Crippen molar-refractivity contribution in [2.45, 2.75) is 32.4 Å². The number of hydrogen-bond acceptors (Lipinski definition) is 8. The molecule has 4 aromatic rings. The molecule has 190 valence electrons. The minimum absolute atomic E-state index is 0.00393. The molecule has 0 spiro atoms. The summed E-state index contributed by atoms with van der Waals surface area (Å²) < 4.78 is 6.59. The molecule has 9 nitrogen and oxygen atoms in total. The van der Waals surface area contributed by atoms with E-state index in [1.54, 1.807) is 18.2 Å². The molecule has 3 aromatic carbocycles. The number of thiazole rings is 1. The Labute approximate surface area is 220 Å². The number of hydrogen-bond donors (Lipinski definition) is 1. The number of ketones is 1. The Kier molecular flexibility index (Phi) is 5.50. The molecular weight excluding hydrogens is 506 g/mol. The van der Waals surface area contributed by atoms with Crippen molar-refractivity contribution in [2.75, 3.05) is 4.90 Å². The first-order valence-corrected chi connectivity index (χ1v) is 12.8. The van der Waals surface area contributed by atoms with E-state index in [0.717, 1.165) is 15.8 Å². The highest BCUT2D eigenvalue weighted by Gasteiger charge is 2.48. The Hall–Kier alpha value is -4.57. The molecule has 1 fully saturated rings. The highest BCUT2D eigenvalue weighted by Crippen LogP contribution is 2.45. The molecule has 2 aliphatic rings. The van der Waals surface area contributed by atoms with Crippen LogP contribution in [0.3, 0.4) is 0 Å². The van der Waals surface area contributed by atoms with Crippen molar-refractivity contribution in [3.05, 3.63) is 98.6 Å². The number of carbonyl (C=O) groups excluding carboxylic acids is 2. The zero-order chi connectivity index (χ0) is 26.7. The van der Waals surface area contributed by atoms with Crippen molar-refractivity contribution < 1.29 is 24.4 Å². The van der Waals surface area contributed by atoms with Gasteiger partial charge < -0.3 is 9.84 Å². The van der Waals surface area contributed by atoms with Crippen LogP contribution < -0.4 is 9.64 Å². The number of ether oxygens (including phenoxy) is 1. The first-order valence-electron chi connectivity index (χ1n) is 11.9. The predicted molar refractivity (Wildman–Crippen MR) is 142 cm³/mol.